The van der Waals surface area contributed by atoms with E-state index in [1.54, 1.807) is 29.2 Å². The Bertz CT molecular complexity index is 825. The highest BCUT2D eigenvalue weighted by Crippen LogP contribution is 2.25. The van der Waals surface area contributed by atoms with E-state index in [1.807, 2.05) is 25.7 Å². The second-order valence-corrected chi connectivity index (χ2v) is 10.2. The maximum atomic E-state index is 13.4. The number of hydrogen-bond donors (Lipinski definition) is 2. The predicted octanol–water partition coefficient (Wildman–Crippen LogP) is 3.67. The van der Waals surface area contributed by atoms with Crippen LogP contribution in [0, 0.1) is 5.92 Å². The quantitative estimate of drug-likeness (QED) is 0.716. The van der Waals surface area contributed by atoms with Crippen LogP contribution in [0.5, 0.6) is 0 Å². The lowest BCUT2D eigenvalue weighted by Gasteiger charge is -2.39. The Labute approximate surface area is 195 Å². The van der Waals surface area contributed by atoms with Crippen molar-refractivity contribution < 1.29 is 14.4 Å². The van der Waals surface area contributed by atoms with Crippen LogP contribution in [0.2, 0.25) is 5.02 Å². The number of urea groups is 1. The van der Waals surface area contributed by atoms with E-state index in [9.17, 15) is 14.4 Å². The number of carbonyl (C=O) groups is 3. The lowest BCUT2D eigenvalue weighted by Crippen LogP contribution is -2.57. The van der Waals surface area contributed by atoms with Crippen molar-refractivity contribution in [3.63, 3.8) is 0 Å². The van der Waals surface area contributed by atoms with Crippen LogP contribution in [-0.2, 0) is 4.79 Å². The van der Waals surface area contributed by atoms with E-state index in [0.29, 0.717) is 36.5 Å². The van der Waals surface area contributed by atoms with E-state index in [2.05, 4.69) is 10.6 Å². The Morgan fingerprint density at radius 2 is 1.59 bits per heavy atom. The fourth-order valence-electron chi connectivity index (χ4n) is 4.39. The molecule has 1 aromatic rings. The fraction of sp³-hybridized carbons (Fsp3) is 0.625. The molecule has 2 N–H and O–H groups in total. The summed E-state index contributed by atoms with van der Waals surface area (Å²) < 4.78 is 0. The molecule has 0 aromatic heterocycles. The zero-order chi connectivity index (χ0) is 23.3. The van der Waals surface area contributed by atoms with Gasteiger partial charge in [0.15, 0.2) is 0 Å². The van der Waals surface area contributed by atoms with Gasteiger partial charge in [-0.15, -0.1) is 0 Å². The van der Waals surface area contributed by atoms with Crippen LogP contribution in [0.25, 0.3) is 0 Å². The van der Waals surface area contributed by atoms with Gasteiger partial charge in [-0.25, -0.2) is 4.79 Å². The summed E-state index contributed by atoms with van der Waals surface area (Å²) in [6.07, 6.45) is 4.42. The van der Waals surface area contributed by atoms with Crippen molar-refractivity contribution in [1.82, 2.24) is 20.4 Å². The molecule has 4 amide bonds. The number of piperidine rings is 2. The van der Waals surface area contributed by atoms with Crippen LogP contribution < -0.4 is 10.6 Å². The Balaban J connectivity index is 1.71. The second-order valence-electron chi connectivity index (χ2n) is 9.82. The third kappa shape index (κ3) is 6.37. The summed E-state index contributed by atoms with van der Waals surface area (Å²) in [6.45, 7) is 8.42. The van der Waals surface area contributed by atoms with Gasteiger partial charge >= 0.3 is 6.03 Å². The molecule has 0 bridgehead atoms. The lowest BCUT2D eigenvalue weighted by molar-refractivity contribution is -0.136. The molecule has 7 nitrogen and oxygen atoms in total. The summed E-state index contributed by atoms with van der Waals surface area (Å²) >= 11 is 6.22. The minimum Gasteiger partial charge on any atom is -0.341 e. The largest absolute Gasteiger partial charge is 0.341 e. The molecule has 2 fully saturated rings. The molecule has 1 atom stereocenters. The second kappa shape index (κ2) is 10.6. The molecule has 3 rings (SSSR count). The van der Waals surface area contributed by atoms with Crippen LogP contribution in [0.15, 0.2) is 24.3 Å². The molecule has 8 heteroatoms. The van der Waals surface area contributed by atoms with E-state index < -0.39 is 6.04 Å². The van der Waals surface area contributed by atoms with Gasteiger partial charge in [0, 0.05) is 31.7 Å². The van der Waals surface area contributed by atoms with Gasteiger partial charge in [0.1, 0.15) is 6.04 Å². The number of nitrogens with one attached hydrogen (secondary N) is 2. The SMILES string of the molecule is CC(C)(C)NC(=O)N1CCC([C@H](NC(=O)c2ccccc2Cl)C(=O)N2CCCCC2)CC1. The standard InChI is InChI=1S/C24H35ClN4O3/c1-24(2,3)27-23(32)29-15-11-17(12-16-29)20(22(31)28-13-7-4-8-14-28)26-21(30)18-9-5-6-10-19(18)25/h5-6,9-10,17,20H,4,7-8,11-16H2,1-3H3,(H,26,30)(H,27,32)/t20-/m0/s1. The van der Waals surface area contributed by atoms with Gasteiger partial charge in [-0.2, -0.15) is 0 Å². The number of rotatable bonds is 4. The van der Waals surface area contributed by atoms with E-state index in [4.69, 9.17) is 11.6 Å². The van der Waals surface area contributed by atoms with Crippen LogP contribution in [-0.4, -0.2) is 65.4 Å². The smallest absolute Gasteiger partial charge is 0.317 e. The summed E-state index contributed by atoms with van der Waals surface area (Å²) in [7, 11) is 0. The first-order valence-corrected chi connectivity index (χ1v) is 11.9. The molecule has 32 heavy (non-hydrogen) atoms. The van der Waals surface area contributed by atoms with Crippen LogP contribution in [0.3, 0.4) is 0 Å². The molecule has 0 unspecified atom stereocenters. The van der Waals surface area contributed by atoms with Gasteiger partial charge < -0.3 is 20.4 Å². The summed E-state index contributed by atoms with van der Waals surface area (Å²) in [5.41, 5.74) is 0.0662. The number of likely N-dealkylation sites (tertiary alicyclic amines) is 2. The van der Waals surface area contributed by atoms with Gasteiger partial charge in [-0.05, 0) is 70.9 Å². The summed E-state index contributed by atoms with van der Waals surface area (Å²) in [4.78, 5) is 42.6. The van der Waals surface area contributed by atoms with Crippen molar-refractivity contribution in [3.05, 3.63) is 34.9 Å². The van der Waals surface area contributed by atoms with Gasteiger partial charge in [0.05, 0.1) is 10.6 Å². The summed E-state index contributed by atoms with van der Waals surface area (Å²) in [5.74, 6) is -0.392. The highest BCUT2D eigenvalue weighted by atomic mass is 35.5. The van der Waals surface area contributed by atoms with Crippen molar-refractivity contribution in [2.24, 2.45) is 5.92 Å². The first-order valence-electron chi connectivity index (χ1n) is 11.6. The van der Waals surface area contributed by atoms with Crippen LogP contribution in [0.4, 0.5) is 4.79 Å². The molecule has 0 aliphatic carbocycles. The van der Waals surface area contributed by atoms with Crippen molar-refractivity contribution in [1.29, 1.82) is 0 Å². The predicted molar refractivity (Wildman–Crippen MR) is 126 cm³/mol. The van der Waals surface area contributed by atoms with Crippen LogP contribution >= 0.6 is 11.6 Å². The third-order valence-corrected chi connectivity index (χ3v) is 6.45. The molecular formula is C24H35ClN4O3. The van der Waals surface area contributed by atoms with Crippen molar-refractivity contribution in [3.8, 4) is 0 Å². The average molecular weight is 463 g/mol. The summed E-state index contributed by atoms with van der Waals surface area (Å²) in [6, 6.07) is 6.16. The molecule has 0 saturated carbocycles. The Kier molecular flexibility index (Phi) is 8.04. The minimum absolute atomic E-state index is 0.0253. The number of amides is 4. The maximum Gasteiger partial charge on any atom is 0.317 e. The van der Waals surface area contributed by atoms with Crippen molar-refractivity contribution in [2.75, 3.05) is 26.2 Å². The van der Waals surface area contributed by atoms with E-state index in [1.165, 1.54) is 0 Å². The van der Waals surface area contributed by atoms with Gasteiger partial charge in [-0.1, -0.05) is 23.7 Å². The van der Waals surface area contributed by atoms with Gasteiger partial charge in [0.2, 0.25) is 5.91 Å². The zero-order valence-corrected chi connectivity index (χ0v) is 20.1. The normalized spacial score (nSPS) is 18.8. The molecule has 0 radical (unpaired) electrons. The number of carbonyl (C=O) groups excluding carboxylic acids is 3. The highest BCUT2D eigenvalue weighted by molar-refractivity contribution is 6.33. The van der Waals surface area contributed by atoms with E-state index in [0.717, 1.165) is 32.4 Å². The molecule has 176 valence electrons. The summed E-state index contributed by atoms with van der Waals surface area (Å²) in [5, 5.41) is 6.35. The number of hydrogen-bond acceptors (Lipinski definition) is 3. The van der Waals surface area contributed by atoms with Crippen molar-refractivity contribution >= 4 is 29.4 Å². The van der Waals surface area contributed by atoms with Crippen LogP contribution in [0.1, 0.15) is 63.2 Å². The molecule has 2 saturated heterocycles. The number of halogens is 1. The highest BCUT2D eigenvalue weighted by Gasteiger charge is 2.37. The Morgan fingerprint density at radius 3 is 2.19 bits per heavy atom. The fourth-order valence-corrected chi connectivity index (χ4v) is 4.61. The first kappa shape index (κ1) is 24.4. The first-order chi connectivity index (χ1) is 15.2. The van der Waals surface area contributed by atoms with E-state index >= 15 is 0 Å². The number of nitrogens with zero attached hydrogens (tertiary/aromatic N) is 2. The molecule has 0 spiro atoms. The molecule has 2 aliphatic rings. The van der Waals surface area contributed by atoms with Gasteiger partial charge in [0.25, 0.3) is 5.91 Å². The maximum absolute atomic E-state index is 13.4. The molecular weight excluding hydrogens is 428 g/mol. The topological polar surface area (TPSA) is 81.8 Å². The minimum atomic E-state index is -0.621. The zero-order valence-electron chi connectivity index (χ0n) is 19.3. The third-order valence-electron chi connectivity index (χ3n) is 6.12. The molecule has 2 heterocycles. The monoisotopic (exact) mass is 462 g/mol. The lowest BCUT2D eigenvalue weighted by atomic mass is 9.88. The Morgan fingerprint density at radius 1 is 0.969 bits per heavy atom. The van der Waals surface area contributed by atoms with Crippen molar-refractivity contribution in [2.45, 2.75) is 64.5 Å². The molecule has 1 aromatic carbocycles. The average Bonchev–Trinajstić information content (AvgIpc) is 2.77. The Hall–Kier alpha value is -2.28. The number of benzene rings is 1. The molecule has 2 aliphatic heterocycles. The van der Waals surface area contributed by atoms with Gasteiger partial charge in [-0.3, -0.25) is 9.59 Å². The van der Waals surface area contributed by atoms with E-state index in [-0.39, 0.29) is 29.3 Å².